The molecule has 0 fully saturated rings. The number of carbonyl (C=O) groups is 3. The van der Waals surface area contributed by atoms with Crippen molar-refractivity contribution < 1.29 is 29.3 Å². The second-order valence-electron chi connectivity index (χ2n) is 4.85. The number of benzene rings is 2. The maximum atomic E-state index is 11.3. The molecule has 0 unspecified atom stereocenters. The summed E-state index contributed by atoms with van der Waals surface area (Å²) in [5, 5.41) is 18.2. The van der Waals surface area contributed by atoms with Crippen LogP contribution in [0.2, 0.25) is 0 Å². The van der Waals surface area contributed by atoms with E-state index in [2.05, 4.69) is 0 Å². The Hall–Kier alpha value is -2.80. The summed E-state index contributed by atoms with van der Waals surface area (Å²) in [6.45, 7) is 1.25. The Kier molecular flexibility index (Phi) is 5.59. The molecule has 2 N–H and O–H groups in total. The SMILES string of the molecule is CC(=O)Oc1ccc(CC(=O)O)cc1Sc1ccccc1C(=O)O. The van der Waals surface area contributed by atoms with Gasteiger partial charge in [-0.05, 0) is 29.8 Å². The van der Waals surface area contributed by atoms with Crippen molar-refractivity contribution in [2.24, 2.45) is 0 Å². The first-order valence-corrected chi connectivity index (χ1v) is 7.72. The zero-order valence-corrected chi connectivity index (χ0v) is 13.5. The molecular weight excluding hydrogens is 332 g/mol. The van der Waals surface area contributed by atoms with Crippen molar-refractivity contribution >= 4 is 29.7 Å². The van der Waals surface area contributed by atoms with Crippen LogP contribution in [0.25, 0.3) is 0 Å². The van der Waals surface area contributed by atoms with E-state index in [1.165, 1.54) is 19.1 Å². The van der Waals surface area contributed by atoms with Crippen LogP contribution >= 0.6 is 11.8 Å². The van der Waals surface area contributed by atoms with Crippen LogP contribution in [-0.4, -0.2) is 28.1 Å². The fourth-order valence-electron chi connectivity index (χ4n) is 2.01. The van der Waals surface area contributed by atoms with Gasteiger partial charge < -0.3 is 14.9 Å². The molecule has 0 spiro atoms. The fraction of sp³-hybridized carbons (Fsp3) is 0.118. The van der Waals surface area contributed by atoms with Gasteiger partial charge in [0.05, 0.1) is 16.9 Å². The molecule has 0 amide bonds. The minimum absolute atomic E-state index is 0.111. The number of carboxylic acids is 2. The molecule has 7 heteroatoms. The predicted molar refractivity (Wildman–Crippen MR) is 86.6 cm³/mol. The monoisotopic (exact) mass is 346 g/mol. The van der Waals surface area contributed by atoms with Gasteiger partial charge in [0.15, 0.2) is 0 Å². The van der Waals surface area contributed by atoms with Crippen molar-refractivity contribution in [2.75, 3.05) is 0 Å². The highest BCUT2D eigenvalue weighted by Crippen LogP contribution is 2.37. The Labute approximate surface area is 142 Å². The third-order valence-electron chi connectivity index (χ3n) is 2.95. The second kappa shape index (κ2) is 7.65. The largest absolute Gasteiger partial charge is 0.481 e. The molecule has 0 aliphatic heterocycles. The molecule has 0 aliphatic rings. The van der Waals surface area contributed by atoms with E-state index in [4.69, 9.17) is 9.84 Å². The van der Waals surface area contributed by atoms with Gasteiger partial charge in [-0.15, -0.1) is 0 Å². The number of aromatic carboxylic acids is 1. The number of aliphatic carboxylic acids is 1. The van der Waals surface area contributed by atoms with Gasteiger partial charge in [-0.2, -0.15) is 0 Å². The lowest BCUT2D eigenvalue weighted by Crippen LogP contribution is -2.05. The quantitative estimate of drug-likeness (QED) is 0.612. The molecule has 0 aliphatic carbocycles. The van der Waals surface area contributed by atoms with E-state index in [0.717, 1.165) is 11.8 Å². The van der Waals surface area contributed by atoms with Gasteiger partial charge in [-0.1, -0.05) is 30.0 Å². The van der Waals surface area contributed by atoms with Crippen LogP contribution in [0.15, 0.2) is 52.3 Å². The predicted octanol–water partition coefficient (Wildman–Crippen LogP) is 3.09. The average molecular weight is 346 g/mol. The number of carbonyl (C=O) groups excluding carboxylic acids is 1. The molecule has 0 heterocycles. The summed E-state index contributed by atoms with van der Waals surface area (Å²) in [6, 6.07) is 11.1. The molecule has 0 saturated heterocycles. The second-order valence-corrected chi connectivity index (χ2v) is 5.93. The van der Waals surface area contributed by atoms with Crippen LogP contribution in [0, 0.1) is 0 Å². The normalized spacial score (nSPS) is 10.2. The van der Waals surface area contributed by atoms with Crippen LogP contribution in [0.4, 0.5) is 0 Å². The van der Waals surface area contributed by atoms with E-state index in [-0.39, 0.29) is 17.7 Å². The molecule has 0 bridgehead atoms. The topological polar surface area (TPSA) is 101 Å². The highest BCUT2D eigenvalue weighted by molar-refractivity contribution is 7.99. The van der Waals surface area contributed by atoms with Gasteiger partial charge >= 0.3 is 17.9 Å². The van der Waals surface area contributed by atoms with E-state index >= 15 is 0 Å². The molecule has 6 nitrogen and oxygen atoms in total. The Balaban J connectivity index is 2.44. The van der Waals surface area contributed by atoms with E-state index in [1.54, 1.807) is 30.3 Å². The standard InChI is InChI=1S/C17H14O6S/c1-10(18)23-13-7-6-11(9-16(19)20)8-15(13)24-14-5-3-2-4-12(14)17(21)22/h2-8H,9H2,1H3,(H,19,20)(H,21,22). The van der Waals surface area contributed by atoms with Crippen molar-refractivity contribution in [3.8, 4) is 5.75 Å². The van der Waals surface area contributed by atoms with E-state index < -0.39 is 17.9 Å². The van der Waals surface area contributed by atoms with Crippen molar-refractivity contribution in [2.45, 2.75) is 23.1 Å². The van der Waals surface area contributed by atoms with Gasteiger partial charge in [0.2, 0.25) is 0 Å². The molecule has 2 rings (SSSR count). The van der Waals surface area contributed by atoms with Gasteiger partial charge in [0.25, 0.3) is 0 Å². The van der Waals surface area contributed by atoms with Crippen LogP contribution < -0.4 is 4.74 Å². The van der Waals surface area contributed by atoms with Gasteiger partial charge in [0, 0.05) is 11.8 Å². The first-order valence-electron chi connectivity index (χ1n) is 6.90. The Morgan fingerprint density at radius 3 is 2.38 bits per heavy atom. The average Bonchev–Trinajstić information content (AvgIpc) is 2.49. The number of esters is 1. The van der Waals surface area contributed by atoms with Gasteiger partial charge in [-0.25, -0.2) is 4.79 Å². The van der Waals surface area contributed by atoms with Gasteiger partial charge in [0.1, 0.15) is 5.75 Å². The lowest BCUT2D eigenvalue weighted by Gasteiger charge is -2.11. The lowest BCUT2D eigenvalue weighted by molar-refractivity contribution is -0.136. The molecule has 0 atom stereocenters. The van der Waals surface area contributed by atoms with Gasteiger partial charge in [-0.3, -0.25) is 9.59 Å². The number of carboxylic acid groups (broad SMARTS) is 2. The highest BCUT2D eigenvalue weighted by atomic mass is 32.2. The molecule has 0 saturated carbocycles. The first kappa shape index (κ1) is 17.6. The summed E-state index contributed by atoms with van der Waals surface area (Å²) in [5.41, 5.74) is 0.633. The van der Waals surface area contributed by atoms with Crippen LogP contribution in [0.5, 0.6) is 5.75 Å². The molecule has 0 aromatic heterocycles. The zero-order valence-electron chi connectivity index (χ0n) is 12.7. The molecule has 24 heavy (non-hydrogen) atoms. The fourth-order valence-corrected chi connectivity index (χ4v) is 3.08. The number of ether oxygens (including phenoxy) is 1. The Morgan fingerprint density at radius 2 is 1.75 bits per heavy atom. The Bertz CT molecular complexity index is 799. The summed E-state index contributed by atoms with van der Waals surface area (Å²) in [6.07, 6.45) is -0.186. The van der Waals surface area contributed by atoms with E-state index in [0.29, 0.717) is 15.4 Å². The highest BCUT2D eigenvalue weighted by Gasteiger charge is 2.15. The minimum atomic E-state index is -1.08. The lowest BCUT2D eigenvalue weighted by atomic mass is 10.1. The summed E-state index contributed by atoms with van der Waals surface area (Å²) >= 11 is 1.10. The summed E-state index contributed by atoms with van der Waals surface area (Å²) in [4.78, 5) is 34.4. The van der Waals surface area contributed by atoms with Crippen molar-refractivity contribution in [1.82, 2.24) is 0 Å². The number of hydrogen-bond acceptors (Lipinski definition) is 5. The summed E-state index contributed by atoms with van der Waals surface area (Å²) in [5.74, 6) is -2.33. The van der Waals surface area contributed by atoms with E-state index in [9.17, 15) is 19.5 Å². The molecule has 2 aromatic rings. The van der Waals surface area contributed by atoms with Crippen molar-refractivity contribution in [1.29, 1.82) is 0 Å². The molecule has 2 aromatic carbocycles. The maximum Gasteiger partial charge on any atom is 0.336 e. The summed E-state index contributed by atoms with van der Waals surface area (Å²) in [7, 11) is 0. The Morgan fingerprint density at radius 1 is 1.04 bits per heavy atom. The van der Waals surface area contributed by atoms with Crippen molar-refractivity contribution in [3.05, 3.63) is 53.6 Å². The first-order chi connectivity index (χ1) is 11.4. The number of rotatable bonds is 6. The van der Waals surface area contributed by atoms with E-state index in [1.807, 2.05) is 0 Å². The van der Waals surface area contributed by atoms with Crippen LogP contribution in [0.1, 0.15) is 22.8 Å². The van der Waals surface area contributed by atoms with Crippen LogP contribution in [0.3, 0.4) is 0 Å². The molecular formula is C17H14O6S. The smallest absolute Gasteiger partial charge is 0.336 e. The molecule has 0 radical (unpaired) electrons. The van der Waals surface area contributed by atoms with Crippen molar-refractivity contribution in [3.63, 3.8) is 0 Å². The third kappa shape index (κ3) is 4.60. The van der Waals surface area contributed by atoms with Crippen LogP contribution in [-0.2, 0) is 16.0 Å². The minimum Gasteiger partial charge on any atom is -0.481 e. The summed E-state index contributed by atoms with van der Waals surface area (Å²) < 4.78 is 5.12. The maximum absolute atomic E-state index is 11.3. The zero-order chi connectivity index (χ0) is 17.7. The molecule has 124 valence electrons. The third-order valence-corrected chi connectivity index (χ3v) is 4.07. The number of hydrogen-bond donors (Lipinski definition) is 2.